The summed E-state index contributed by atoms with van der Waals surface area (Å²) in [4.78, 5) is 15.2. The number of ether oxygens (including phenoxy) is 3. The highest BCUT2D eigenvalue weighted by atomic mass is 35.5. The molecular weight excluding hydrogens is 404 g/mol. The monoisotopic (exact) mass is 432 g/mol. The lowest BCUT2D eigenvalue weighted by atomic mass is 10.1. The van der Waals surface area contributed by atoms with Gasteiger partial charge in [-0.25, -0.2) is 0 Å². The summed E-state index contributed by atoms with van der Waals surface area (Å²) >= 11 is 6.23. The van der Waals surface area contributed by atoms with Crippen molar-refractivity contribution in [3.63, 3.8) is 0 Å². The highest BCUT2D eigenvalue weighted by Gasteiger charge is 2.18. The number of hydrogen-bond donors (Lipinski definition) is 1. The first-order valence-electron chi connectivity index (χ1n) is 10.2. The predicted octanol–water partition coefficient (Wildman–Crippen LogP) is 4.93. The van der Waals surface area contributed by atoms with Crippen molar-refractivity contribution >= 4 is 28.9 Å². The molecule has 0 bridgehead atoms. The van der Waals surface area contributed by atoms with Crippen molar-refractivity contribution in [3.05, 3.63) is 40.9 Å². The molecule has 162 valence electrons. The second-order valence-electron chi connectivity index (χ2n) is 7.32. The fourth-order valence-electron chi connectivity index (χ4n) is 3.81. The average Bonchev–Trinajstić information content (AvgIpc) is 3.02. The van der Waals surface area contributed by atoms with E-state index in [-0.39, 0.29) is 12.3 Å². The van der Waals surface area contributed by atoms with E-state index in [2.05, 4.69) is 10.2 Å². The first kappa shape index (κ1) is 22.1. The van der Waals surface area contributed by atoms with Crippen LogP contribution < -0.4 is 24.4 Å². The average molecular weight is 433 g/mol. The maximum atomic E-state index is 12.9. The molecule has 0 aromatic heterocycles. The first-order chi connectivity index (χ1) is 14.5. The topological polar surface area (TPSA) is 60.0 Å². The Labute approximate surface area is 183 Å². The van der Waals surface area contributed by atoms with E-state index in [0.717, 1.165) is 42.9 Å². The van der Waals surface area contributed by atoms with E-state index in [9.17, 15) is 4.79 Å². The standard InChI is InChI=1S/C23H29ClN2O4/c1-28-20-12-16(13-21(29-2)23(20)30-3)14-22(27)25-18-15-17(24)8-9-19(18)26-10-6-4-5-7-11-26/h8-9,12-13,15H,4-7,10-11,14H2,1-3H3,(H,25,27). The number of benzene rings is 2. The summed E-state index contributed by atoms with van der Waals surface area (Å²) in [5, 5.41) is 3.64. The first-order valence-corrected chi connectivity index (χ1v) is 10.6. The number of rotatable bonds is 7. The minimum atomic E-state index is -0.136. The number of nitrogens with one attached hydrogen (secondary N) is 1. The Kier molecular flexibility index (Phi) is 7.69. The lowest BCUT2D eigenvalue weighted by Crippen LogP contribution is -2.26. The van der Waals surface area contributed by atoms with Gasteiger partial charge in [-0.3, -0.25) is 4.79 Å². The van der Waals surface area contributed by atoms with Gasteiger partial charge in [-0.1, -0.05) is 24.4 Å². The van der Waals surface area contributed by atoms with Crippen molar-refractivity contribution in [2.24, 2.45) is 0 Å². The number of hydrogen-bond acceptors (Lipinski definition) is 5. The highest BCUT2D eigenvalue weighted by Crippen LogP contribution is 2.38. The Bertz CT molecular complexity index is 854. The minimum Gasteiger partial charge on any atom is -0.493 e. The fraction of sp³-hybridized carbons (Fsp3) is 0.435. The van der Waals surface area contributed by atoms with Gasteiger partial charge in [0, 0.05) is 18.1 Å². The summed E-state index contributed by atoms with van der Waals surface area (Å²) < 4.78 is 16.1. The normalized spacial score (nSPS) is 14.1. The molecule has 3 rings (SSSR count). The maximum Gasteiger partial charge on any atom is 0.228 e. The van der Waals surface area contributed by atoms with Gasteiger partial charge in [0.25, 0.3) is 0 Å². The van der Waals surface area contributed by atoms with Crippen LogP contribution in [0.4, 0.5) is 11.4 Å². The Morgan fingerprint density at radius 2 is 1.60 bits per heavy atom. The molecule has 1 heterocycles. The van der Waals surface area contributed by atoms with Gasteiger partial charge in [0.1, 0.15) is 0 Å². The summed E-state index contributed by atoms with van der Waals surface area (Å²) in [5.74, 6) is 1.41. The van der Waals surface area contributed by atoms with Crippen LogP contribution >= 0.6 is 11.6 Å². The zero-order valence-corrected chi connectivity index (χ0v) is 18.6. The quantitative estimate of drug-likeness (QED) is 0.672. The fourth-order valence-corrected chi connectivity index (χ4v) is 3.99. The molecule has 1 amide bonds. The van der Waals surface area contributed by atoms with Crippen LogP contribution in [0.25, 0.3) is 0 Å². The third-order valence-corrected chi connectivity index (χ3v) is 5.50. The van der Waals surface area contributed by atoms with E-state index in [1.165, 1.54) is 12.8 Å². The lowest BCUT2D eigenvalue weighted by molar-refractivity contribution is -0.115. The molecule has 1 N–H and O–H groups in total. The number of halogens is 1. The molecule has 0 saturated carbocycles. The molecule has 1 saturated heterocycles. The lowest BCUT2D eigenvalue weighted by Gasteiger charge is -2.25. The van der Waals surface area contributed by atoms with Crippen LogP contribution in [0.3, 0.4) is 0 Å². The molecule has 1 aliphatic rings. The summed E-state index contributed by atoms with van der Waals surface area (Å²) in [7, 11) is 4.66. The molecule has 0 radical (unpaired) electrons. The number of carbonyl (C=O) groups excluding carboxylic acids is 1. The van der Waals surface area contributed by atoms with Gasteiger partial charge in [0.05, 0.1) is 39.1 Å². The summed E-state index contributed by atoms with van der Waals surface area (Å²) in [5.41, 5.74) is 2.52. The van der Waals surface area contributed by atoms with Crippen molar-refractivity contribution in [2.75, 3.05) is 44.6 Å². The van der Waals surface area contributed by atoms with Crippen LogP contribution in [-0.4, -0.2) is 40.3 Å². The van der Waals surface area contributed by atoms with Gasteiger partial charge >= 0.3 is 0 Å². The molecule has 0 aliphatic carbocycles. The van der Waals surface area contributed by atoms with Gasteiger partial charge in [0.2, 0.25) is 11.7 Å². The van der Waals surface area contributed by atoms with Gasteiger partial charge in [0.15, 0.2) is 11.5 Å². The van der Waals surface area contributed by atoms with Gasteiger partial charge in [-0.15, -0.1) is 0 Å². The number of amides is 1. The SMILES string of the molecule is COc1cc(CC(=O)Nc2cc(Cl)ccc2N2CCCCCC2)cc(OC)c1OC. The molecule has 6 nitrogen and oxygen atoms in total. The largest absolute Gasteiger partial charge is 0.493 e. The van der Waals surface area contributed by atoms with Crippen molar-refractivity contribution in [2.45, 2.75) is 32.1 Å². The van der Waals surface area contributed by atoms with Crippen LogP contribution in [-0.2, 0) is 11.2 Å². The second kappa shape index (κ2) is 10.4. The van der Waals surface area contributed by atoms with E-state index in [1.54, 1.807) is 33.5 Å². The molecular formula is C23H29ClN2O4. The van der Waals surface area contributed by atoms with Crippen LogP contribution in [0, 0.1) is 0 Å². The predicted molar refractivity (Wildman–Crippen MR) is 121 cm³/mol. The number of carbonyl (C=O) groups is 1. The van der Waals surface area contributed by atoms with Crippen molar-refractivity contribution in [3.8, 4) is 17.2 Å². The number of methoxy groups -OCH3 is 3. The van der Waals surface area contributed by atoms with Crippen LogP contribution in [0.2, 0.25) is 5.02 Å². The van der Waals surface area contributed by atoms with E-state index < -0.39 is 0 Å². The van der Waals surface area contributed by atoms with E-state index in [1.807, 2.05) is 18.2 Å². The van der Waals surface area contributed by atoms with Gasteiger partial charge < -0.3 is 24.4 Å². The summed E-state index contributed by atoms with van der Waals surface area (Å²) in [6.45, 7) is 1.97. The third kappa shape index (κ3) is 5.30. The second-order valence-corrected chi connectivity index (χ2v) is 7.76. The van der Waals surface area contributed by atoms with Crippen molar-refractivity contribution < 1.29 is 19.0 Å². The summed E-state index contributed by atoms with van der Waals surface area (Å²) in [6, 6.07) is 9.25. The third-order valence-electron chi connectivity index (χ3n) is 5.27. The Hall–Kier alpha value is -2.60. The summed E-state index contributed by atoms with van der Waals surface area (Å²) in [6.07, 6.45) is 4.96. The molecule has 30 heavy (non-hydrogen) atoms. The maximum absolute atomic E-state index is 12.9. The Morgan fingerprint density at radius 1 is 0.967 bits per heavy atom. The molecule has 0 spiro atoms. The van der Waals surface area contributed by atoms with E-state index >= 15 is 0 Å². The van der Waals surface area contributed by atoms with E-state index in [4.69, 9.17) is 25.8 Å². The molecule has 0 unspecified atom stereocenters. The number of anilines is 2. The van der Waals surface area contributed by atoms with E-state index in [0.29, 0.717) is 22.3 Å². The molecule has 7 heteroatoms. The van der Waals surface area contributed by atoms with Gasteiger partial charge in [-0.2, -0.15) is 0 Å². The van der Waals surface area contributed by atoms with Crippen LogP contribution in [0.1, 0.15) is 31.2 Å². The van der Waals surface area contributed by atoms with Gasteiger partial charge in [-0.05, 0) is 48.7 Å². The molecule has 1 aliphatic heterocycles. The zero-order valence-electron chi connectivity index (χ0n) is 17.8. The van der Waals surface area contributed by atoms with Crippen LogP contribution in [0.5, 0.6) is 17.2 Å². The zero-order chi connectivity index (χ0) is 21.5. The molecule has 0 atom stereocenters. The smallest absolute Gasteiger partial charge is 0.228 e. The Morgan fingerprint density at radius 3 is 2.17 bits per heavy atom. The van der Waals surface area contributed by atoms with Crippen molar-refractivity contribution in [1.82, 2.24) is 0 Å². The number of nitrogens with zero attached hydrogens (tertiary/aromatic N) is 1. The molecule has 2 aromatic rings. The Balaban J connectivity index is 1.80. The van der Waals surface area contributed by atoms with Crippen molar-refractivity contribution in [1.29, 1.82) is 0 Å². The van der Waals surface area contributed by atoms with Crippen LogP contribution in [0.15, 0.2) is 30.3 Å². The molecule has 2 aromatic carbocycles. The minimum absolute atomic E-state index is 0.136. The molecule has 1 fully saturated rings. The highest BCUT2D eigenvalue weighted by molar-refractivity contribution is 6.31.